The minimum absolute atomic E-state index is 0.185. The van der Waals surface area contributed by atoms with Crippen molar-refractivity contribution in [2.24, 2.45) is 0 Å². The van der Waals surface area contributed by atoms with E-state index in [-0.39, 0.29) is 5.54 Å². The van der Waals surface area contributed by atoms with Crippen molar-refractivity contribution in [2.45, 2.75) is 38.8 Å². The monoisotopic (exact) mass is 242 g/mol. The third kappa shape index (κ3) is 5.37. The molecule has 16 heavy (non-hydrogen) atoms. The van der Waals surface area contributed by atoms with Crippen LogP contribution in [0.1, 0.15) is 27.2 Å². The third-order valence-corrected chi connectivity index (χ3v) is 4.02. The molecule has 1 N–H and O–H groups in total. The van der Waals surface area contributed by atoms with Crippen LogP contribution in [0, 0.1) is 0 Å². The summed E-state index contributed by atoms with van der Waals surface area (Å²) in [6.45, 7) is 12.7. The highest BCUT2D eigenvalue weighted by atomic mass is 32.2. The van der Waals surface area contributed by atoms with E-state index in [0.717, 1.165) is 19.1 Å². The van der Waals surface area contributed by atoms with Gasteiger partial charge in [0, 0.05) is 30.4 Å². The van der Waals surface area contributed by atoms with Crippen molar-refractivity contribution >= 4 is 11.8 Å². The van der Waals surface area contributed by atoms with Crippen molar-refractivity contribution in [3.63, 3.8) is 0 Å². The van der Waals surface area contributed by atoms with Gasteiger partial charge in [0.2, 0.25) is 0 Å². The summed E-state index contributed by atoms with van der Waals surface area (Å²) >= 11 is 2.07. The molecule has 0 amide bonds. The van der Waals surface area contributed by atoms with Gasteiger partial charge in [-0.2, -0.15) is 11.8 Å². The highest BCUT2D eigenvalue weighted by molar-refractivity contribution is 7.99. The van der Waals surface area contributed by atoms with E-state index in [0.29, 0.717) is 0 Å². The number of thioether (sulfide) groups is 1. The van der Waals surface area contributed by atoms with E-state index < -0.39 is 0 Å². The summed E-state index contributed by atoms with van der Waals surface area (Å²) in [4.78, 5) is 2.45. The smallest absolute Gasteiger partial charge is 0.0203 e. The maximum atomic E-state index is 4.16. The normalized spacial score (nSPS) is 21.7. The van der Waals surface area contributed by atoms with Crippen molar-refractivity contribution in [1.82, 2.24) is 10.2 Å². The average Bonchev–Trinajstić information content (AvgIpc) is 2.66. The Balaban J connectivity index is 2.22. The Hall–Kier alpha value is 0.0100. The van der Waals surface area contributed by atoms with E-state index in [1.807, 2.05) is 0 Å². The summed E-state index contributed by atoms with van der Waals surface area (Å²) < 4.78 is 0. The number of hydrogen-bond acceptors (Lipinski definition) is 3. The van der Waals surface area contributed by atoms with Gasteiger partial charge in [0.25, 0.3) is 0 Å². The largest absolute Gasteiger partial charge is 0.308 e. The highest BCUT2D eigenvalue weighted by Crippen LogP contribution is 2.21. The summed E-state index contributed by atoms with van der Waals surface area (Å²) in [7, 11) is 2.22. The topological polar surface area (TPSA) is 15.3 Å². The Morgan fingerprint density at radius 3 is 2.69 bits per heavy atom. The lowest BCUT2D eigenvalue weighted by molar-refractivity contribution is 0.280. The van der Waals surface area contributed by atoms with Crippen LogP contribution in [0.4, 0.5) is 0 Å². The second-order valence-electron chi connectivity index (χ2n) is 5.79. The first kappa shape index (κ1) is 14.1. The molecular formula is C13H26N2S. The molecule has 0 aromatic carbocycles. The van der Waals surface area contributed by atoms with Gasteiger partial charge >= 0.3 is 0 Å². The molecule has 1 aliphatic rings. The molecule has 1 rings (SSSR count). The van der Waals surface area contributed by atoms with Crippen LogP contribution in [-0.4, -0.2) is 48.1 Å². The Morgan fingerprint density at radius 2 is 2.19 bits per heavy atom. The van der Waals surface area contributed by atoms with E-state index in [4.69, 9.17) is 0 Å². The number of likely N-dealkylation sites (N-methyl/N-ethyl adjacent to an activating group) is 1. The van der Waals surface area contributed by atoms with Crippen LogP contribution in [0.15, 0.2) is 12.2 Å². The molecule has 1 saturated heterocycles. The Kier molecular flexibility index (Phi) is 5.35. The van der Waals surface area contributed by atoms with Crippen molar-refractivity contribution < 1.29 is 0 Å². The van der Waals surface area contributed by atoms with Crippen LogP contribution < -0.4 is 5.32 Å². The first-order valence-corrected chi connectivity index (χ1v) is 7.23. The molecule has 1 heterocycles. The minimum Gasteiger partial charge on any atom is -0.308 e. The van der Waals surface area contributed by atoms with Gasteiger partial charge in [0.15, 0.2) is 0 Å². The quantitative estimate of drug-likeness (QED) is 0.745. The zero-order chi connectivity index (χ0) is 12.2. The molecule has 1 unspecified atom stereocenters. The van der Waals surface area contributed by atoms with Crippen LogP contribution in [0.5, 0.6) is 0 Å². The molecule has 0 aromatic rings. The fraction of sp³-hybridized carbons (Fsp3) is 0.846. The molecule has 94 valence electrons. The highest BCUT2D eigenvalue weighted by Gasteiger charge is 2.20. The molecule has 1 atom stereocenters. The average molecular weight is 242 g/mol. The molecule has 0 aromatic heterocycles. The fourth-order valence-electron chi connectivity index (χ4n) is 1.80. The van der Waals surface area contributed by atoms with Crippen LogP contribution >= 0.6 is 11.8 Å². The second-order valence-corrected chi connectivity index (χ2v) is 6.94. The SMILES string of the molecule is C=C(CNC(C)(C)C)CN(C)C1CCSC1. The number of rotatable bonds is 5. The van der Waals surface area contributed by atoms with Gasteiger partial charge < -0.3 is 5.32 Å². The molecule has 2 nitrogen and oxygen atoms in total. The Bertz CT molecular complexity index is 227. The molecule has 0 bridgehead atoms. The zero-order valence-corrected chi connectivity index (χ0v) is 12.0. The molecule has 0 spiro atoms. The predicted molar refractivity (Wildman–Crippen MR) is 75.3 cm³/mol. The van der Waals surface area contributed by atoms with Crippen molar-refractivity contribution in [2.75, 3.05) is 31.6 Å². The van der Waals surface area contributed by atoms with Crippen LogP contribution in [-0.2, 0) is 0 Å². The Morgan fingerprint density at radius 1 is 1.50 bits per heavy atom. The lowest BCUT2D eigenvalue weighted by Gasteiger charge is -2.26. The van der Waals surface area contributed by atoms with Gasteiger partial charge in [0.1, 0.15) is 0 Å². The molecule has 0 radical (unpaired) electrons. The molecule has 0 aliphatic carbocycles. The number of nitrogens with zero attached hydrogens (tertiary/aromatic N) is 1. The van der Waals surface area contributed by atoms with Crippen molar-refractivity contribution in [3.05, 3.63) is 12.2 Å². The van der Waals surface area contributed by atoms with Crippen LogP contribution in [0.3, 0.4) is 0 Å². The van der Waals surface area contributed by atoms with E-state index in [9.17, 15) is 0 Å². The predicted octanol–water partition coefficient (Wildman–Crippen LogP) is 2.37. The lowest BCUT2D eigenvalue weighted by Crippen LogP contribution is -2.40. The van der Waals surface area contributed by atoms with Gasteiger partial charge in [-0.1, -0.05) is 6.58 Å². The fourth-order valence-corrected chi connectivity index (χ4v) is 3.10. The molecular weight excluding hydrogens is 216 g/mol. The molecule has 1 aliphatic heterocycles. The van der Waals surface area contributed by atoms with Crippen molar-refractivity contribution in [3.8, 4) is 0 Å². The van der Waals surface area contributed by atoms with Gasteiger partial charge in [-0.15, -0.1) is 0 Å². The summed E-state index contributed by atoms with van der Waals surface area (Å²) in [5, 5.41) is 3.49. The summed E-state index contributed by atoms with van der Waals surface area (Å²) in [5.74, 6) is 2.61. The maximum Gasteiger partial charge on any atom is 0.0203 e. The van der Waals surface area contributed by atoms with E-state index in [1.165, 1.54) is 23.5 Å². The molecule has 3 heteroatoms. The molecule has 0 saturated carbocycles. The van der Waals surface area contributed by atoms with Gasteiger partial charge in [-0.25, -0.2) is 0 Å². The van der Waals surface area contributed by atoms with Crippen LogP contribution in [0.2, 0.25) is 0 Å². The first-order chi connectivity index (χ1) is 7.38. The minimum atomic E-state index is 0.185. The number of nitrogens with one attached hydrogen (secondary N) is 1. The summed E-state index contributed by atoms with van der Waals surface area (Å²) in [6, 6.07) is 0.761. The summed E-state index contributed by atoms with van der Waals surface area (Å²) in [5.41, 5.74) is 1.47. The standard InChI is InChI=1S/C13H26N2S/c1-11(8-14-13(2,3)4)9-15(5)12-6-7-16-10-12/h12,14H,1,6-10H2,2-5H3. The van der Waals surface area contributed by atoms with Crippen molar-refractivity contribution in [1.29, 1.82) is 0 Å². The number of hydrogen-bond donors (Lipinski definition) is 1. The summed E-state index contributed by atoms with van der Waals surface area (Å²) in [6.07, 6.45) is 1.33. The first-order valence-electron chi connectivity index (χ1n) is 6.08. The second kappa shape index (κ2) is 6.08. The van der Waals surface area contributed by atoms with E-state index >= 15 is 0 Å². The Labute approximate surface area is 105 Å². The van der Waals surface area contributed by atoms with Gasteiger partial charge in [0.05, 0.1) is 0 Å². The lowest BCUT2D eigenvalue weighted by atomic mass is 10.1. The third-order valence-electron chi connectivity index (χ3n) is 2.87. The van der Waals surface area contributed by atoms with Gasteiger partial charge in [-0.3, -0.25) is 4.90 Å². The maximum absolute atomic E-state index is 4.16. The van der Waals surface area contributed by atoms with Crippen LogP contribution in [0.25, 0.3) is 0 Å². The van der Waals surface area contributed by atoms with Gasteiger partial charge in [-0.05, 0) is 45.6 Å². The zero-order valence-electron chi connectivity index (χ0n) is 11.2. The van der Waals surface area contributed by atoms with E-state index in [2.05, 4.69) is 56.4 Å². The molecule has 1 fully saturated rings. The van der Waals surface area contributed by atoms with E-state index in [1.54, 1.807) is 0 Å².